The largest absolute Gasteiger partial charge is 0.394 e. The molecule has 1 saturated heterocycles. The number of nitrogens with zero attached hydrogens (tertiary/aromatic N) is 2. The zero-order chi connectivity index (χ0) is 14.4. The first-order valence-electron chi connectivity index (χ1n) is 6.91. The zero-order valence-corrected chi connectivity index (χ0v) is 11.9. The van der Waals surface area contributed by atoms with E-state index in [2.05, 4.69) is 0 Å². The number of hydrogen-bond acceptors (Lipinski definition) is 4. The number of benzene rings is 1. The number of amides is 1. The van der Waals surface area contributed by atoms with Crippen molar-refractivity contribution in [3.8, 4) is 0 Å². The highest BCUT2D eigenvalue weighted by Crippen LogP contribution is 2.07. The van der Waals surface area contributed by atoms with E-state index in [4.69, 9.17) is 9.84 Å². The predicted molar refractivity (Wildman–Crippen MR) is 76.2 cm³/mol. The van der Waals surface area contributed by atoms with Gasteiger partial charge in [0.05, 0.1) is 25.9 Å². The lowest BCUT2D eigenvalue weighted by molar-refractivity contribution is -0.134. The Hall–Kier alpha value is -1.43. The normalized spacial score (nSPS) is 19.8. The fourth-order valence-electron chi connectivity index (χ4n) is 2.29. The summed E-state index contributed by atoms with van der Waals surface area (Å²) in [6.07, 6.45) is -0.170. The van der Waals surface area contributed by atoms with Gasteiger partial charge >= 0.3 is 0 Å². The molecule has 1 N–H and O–H groups in total. The van der Waals surface area contributed by atoms with Gasteiger partial charge in [0.15, 0.2) is 0 Å². The van der Waals surface area contributed by atoms with E-state index in [-0.39, 0.29) is 18.6 Å². The first-order valence-corrected chi connectivity index (χ1v) is 6.91. The van der Waals surface area contributed by atoms with Crippen LogP contribution in [0.2, 0.25) is 0 Å². The van der Waals surface area contributed by atoms with E-state index < -0.39 is 0 Å². The van der Waals surface area contributed by atoms with E-state index in [1.807, 2.05) is 42.3 Å². The van der Waals surface area contributed by atoms with Crippen molar-refractivity contribution >= 4 is 5.91 Å². The van der Waals surface area contributed by atoms with Crippen molar-refractivity contribution in [1.82, 2.24) is 9.80 Å². The van der Waals surface area contributed by atoms with Crippen molar-refractivity contribution in [3.63, 3.8) is 0 Å². The second-order valence-corrected chi connectivity index (χ2v) is 5.15. The average molecular weight is 278 g/mol. The minimum Gasteiger partial charge on any atom is -0.394 e. The number of ether oxygens (including phenoxy) is 1. The van der Waals surface area contributed by atoms with Crippen molar-refractivity contribution < 1.29 is 14.6 Å². The minimum absolute atomic E-state index is 0.00451. The molecule has 1 aromatic carbocycles. The Labute approximate surface area is 119 Å². The maximum Gasteiger partial charge on any atom is 0.236 e. The number of rotatable bonds is 5. The Morgan fingerprint density at radius 3 is 2.90 bits per heavy atom. The van der Waals surface area contributed by atoms with Crippen LogP contribution in [0.15, 0.2) is 30.3 Å². The molecule has 1 aliphatic rings. The van der Waals surface area contributed by atoms with Gasteiger partial charge in [0, 0.05) is 26.7 Å². The second kappa shape index (κ2) is 7.38. The van der Waals surface area contributed by atoms with E-state index in [1.165, 1.54) is 0 Å². The van der Waals surface area contributed by atoms with Gasteiger partial charge in [-0.15, -0.1) is 0 Å². The van der Waals surface area contributed by atoms with E-state index >= 15 is 0 Å². The number of likely N-dealkylation sites (N-methyl/N-ethyl adjacent to an activating group) is 1. The third kappa shape index (κ3) is 4.30. The van der Waals surface area contributed by atoms with Crippen LogP contribution in [0.5, 0.6) is 0 Å². The van der Waals surface area contributed by atoms with Crippen LogP contribution in [0.1, 0.15) is 5.56 Å². The fourth-order valence-corrected chi connectivity index (χ4v) is 2.29. The molecule has 1 aromatic rings. The quantitative estimate of drug-likeness (QED) is 0.844. The molecule has 0 aliphatic carbocycles. The molecule has 0 aromatic heterocycles. The van der Waals surface area contributed by atoms with E-state index in [1.54, 1.807) is 4.90 Å². The van der Waals surface area contributed by atoms with Crippen LogP contribution in [0, 0.1) is 0 Å². The molecular formula is C15H22N2O3. The van der Waals surface area contributed by atoms with Crippen LogP contribution in [-0.2, 0) is 16.1 Å². The molecule has 20 heavy (non-hydrogen) atoms. The van der Waals surface area contributed by atoms with Gasteiger partial charge in [-0.05, 0) is 5.56 Å². The van der Waals surface area contributed by atoms with Crippen LogP contribution >= 0.6 is 0 Å². The van der Waals surface area contributed by atoms with Crippen LogP contribution in [0.25, 0.3) is 0 Å². The molecular weight excluding hydrogens is 256 g/mol. The van der Waals surface area contributed by atoms with Gasteiger partial charge in [0.2, 0.25) is 5.91 Å². The summed E-state index contributed by atoms with van der Waals surface area (Å²) in [6, 6.07) is 9.94. The SMILES string of the molecule is CN(Cc1ccccc1)C(=O)CN1CCOC(CO)C1. The van der Waals surface area contributed by atoms with Gasteiger partial charge in [0.1, 0.15) is 0 Å². The summed E-state index contributed by atoms with van der Waals surface area (Å²) in [6.45, 7) is 2.92. The topological polar surface area (TPSA) is 53.0 Å². The van der Waals surface area contributed by atoms with Crippen LogP contribution < -0.4 is 0 Å². The summed E-state index contributed by atoms with van der Waals surface area (Å²) in [5, 5.41) is 9.10. The predicted octanol–water partition coefficient (Wildman–Crippen LogP) is 0.338. The molecule has 0 radical (unpaired) electrons. The van der Waals surface area contributed by atoms with E-state index in [0.29, 0.717) is 26.2 Å². The van der Waals surface area contributed by atoms with Crippen molar-refractivity contribution in [1.29, 1.82) is 0 Å². The maximum atomic E-state index is 12.2. The number of carbonyl (C=O) groups excluding carboxylic acids is 1. The molecule has 1 atom stereocenters. The third-order valence-corrected chi connectivity index (χ3v) is 3.47. The summed E-state index contributed by atoms with van der Waals surface area (Å²) < 4.78 is 5.38. The summed E-state index contributed by atoms with van der Waals surface area (Å²) in [5.41, 5.74) is 1.12. The van der Waals surface area contributed by atoms with Gasteiger partial charge in [-0.25, -0.2) is 0 Å². The molecule has 0 bridgehead atoms. The molecule has 5 heteroatoms. The Morgan fingerprint density at radius 1 is 1.45 bits per heavy atom. The average Bonchev–Trinajstić information content (AvgIpc) is 2.48. The highest BCUT2D eigenvalue weighted by atomic mass is 16.5. The highest BCUT2D eigenvalue weighted by molar-refractivity contribution is 5.78. The molecule has 110 valence electrons. The van der Waals surface area contributed by atoms with Crippen LogP contribution in [0.3, 0.4) is 0 Å². The van der Waals surface area contributed by atoms with Crippen molar-refractivity contribution in [2.45, 2.75) is 12.6 Å². The zero-order valence-electron chi connectivity index (χ0n) is 11.9. The van der Waals surface area contributed by atoms with Crippen LogP contribution in [0.4, 0.5) is 0 Å². The fraction of sp³-hybridized carbons (Fsp3) is 0.533. The molecule has 2 rings (SSSR count). The number of hydrogen-bond donors (Lipinski definition) is 1. The monoisotopic (exact) mass is 278 g/mol. The van der Waals surface area contributed by atoms with E-state index in [0.717, 1.165) is 12.1 Å². The van der Waals surface area contributed by atoms with Gasteiger partial charge in [-0.1, -0.05) is 30.3 Å². The lowest BCUT2D eigenvalue weighted by Gasteiger charge is -2.32. The Bertz CT molecular complexity index is 424. The second-order valence-electron chi connectivity index (χ2n) is 5.15. The first kappa shape index (κ1) is 15.0. The first-order chi connectivity index (χ1) is 9.69. The number of morpholine rings is 1. The molecule has 5 nitrogen and oxygen atoms in total. The van der Waals surface area contributed by atoms with E-state index in [9.17, 15) is 4.79 Å². The molecule has 1 amide bonds. The molecule has 1 aliphatic heterocycles. The van der Waals surface area contributed by atoms with Crippen molar-refractivity contribution in [3.05, 3.63) is 35.9 Å². The number of carbonyl (C=O) groups is 1. The number of aliphatic hydroxyl groups is 1. The summed E-state index contributed by atoms with van der Waals surface area (Å²) in [4.78, 5) is 16.0. The molecule has 1 heterocycles. The Morgan fingerprint density at radius 2 is 2.20 bits per heavy atom. The van der Waals surface area contributed by atoms with Gasteiger partial charge in [-0.3, -0.25) is 9.69 Å². The lowest BCUT2D eigenvalue weighted by atomic mass is 10.2. The van der Waals surface area contributed by atoms with Crippen LogP contribution in [-0.4, -0.2) is 66.8 Å². The summed E-state index contributed by atoms with van der Waals surface area (Å²) in [5.74, 6) is 0.0902. The molecule has 1 fully saturated rings. The standard InChI is InChI=1S/C15H22N2O3/c1-16(9-13-5-3-2-4-6-13)15(19)11-17-7-8-20-14(10-17)12-18/h2-6,14,18H,7-12H2,1H3. The van der Waals surface area contributed by atoms with Crippen molar-refractivity contribution in [2.24, 2.45) is 0 Å². The van der Waals surface area contributed by atoms with Gasteiger partial charge in [-0.2, -0.15) is 0 Å². The molecule has 0 saturated carbocycles. The minimum atomic E-state index is -0.170. The molecule has 0 spiro atoms. The van der Waals surface area contributed by atoms with Gasteiger partial charge < -0.3 is 14.7 Å². The maximum absolute atomic E-state index is 12.2. The lowest BCUT2D eigenvalue weighted by Crippen LogP contribution is -2.48. The van der Waals surface area contributed by atoms with Crippen molar-refractivity contribution in [2.75, 3.05) is 39.9 Å². The Balaban J connectivity index is 1.81. The summed E-state index contributed by atoms with van der Waals surface area (Å²) >= 11 is 0. The Kier molecular flexibility index (Phi) is 5.52. The number of aliphatic hydroxyl groups excluding tert-OH is 1. The molecule has 1 unspecified atom stereocenters. The van der Waals surface area contributed by atoms with Gasteiger partial charge in [0.25, 0.3) is 0 Å². The third-order valence-electron chi connectivity index (χ3n) is 3.47. The summed E-state index contributed by atoms with van der Waals surface area (Å²) in [7, 11) is 1.82. The highest BCUT2D eigenvalue weighted by Gasteiger charge is 2.22. The smallest absolute Gasteiger partial charge is 0.236 e.